The van der Waals surface area contributed by atoms with Crippen molar-refractivity contribution in [2.75, 3.05) is 0 Å². The maximum absolute atomic E-state index is 6.57. The first-order valence-electron chi connectivity index (χ1n) is 6.61. The largest absolute Gasteiger partial charge is 0.334 e. The van der Waals surface area contributed by atoms with Gasteiger partial charge < -0.3 is 10.3 Å². The second-order valence-corrected chi connectivity index (χ2v) is 5.58. The molecule has 3 rings (SSSR count). The molecule has 2 heterocycles. The lowest BCUT2D eigenvalue weighted by atomic mass is 9.91. The van der Waals surface area contributed by atoms with Crippen LogP contribution in [0.15, 0.2) is 6.20 Å². The van der Waals surface area contributed by atoms with Gasteiger partial charge in [-0.3, -0.25) is 0 Å². The van der Waals surface area contributed by atoms with Crippen molar-refractivity contribution in [3.05, 3.63) is 23.1 Å². The van der Waals surface area contributed by atoms with Gasteiger partial charge in [0.05, 0.1) is 11.4 Å². The molecule has 0 saturated heterocycles. The molecule has 0 radical (unpaired) electrons. The average Bonchev–Trinajstić information content (AvgIpc) is 2.88. The van der Waals surface area contributed by atoms with Crippen molar-refractivity contribution in [3.8, 4) is 0 Å². The highest BCUT2D eigenvalue weighted by atomic mass is 15.0. The lowest BCUT2D eigenvalue weighted by Crippen LogP contribution is -2.33. The third-order valence-corrected chi connectivity index (χ3v) is 4.23. The van der Waals surface area contributed by atoms with E-state index in [4.69, 9.17) is 10.7 Å². The van der Waals surface area contributed by atoms with Gasteiger partial charge in [0, 0.05) is 24.3 Å². The van der Waals surface area contributed by atoms with E-state index < -0.39 is 0 Å². The number of hydrogen-bond donors (Lipinski definition) is 1. The third kappa shape index (κ3) is 1.56. The Morgan fingerprint density at radius 2 is 1.78 bits per heavy atom. The highest BCUT2D eigenvalue weighted by molar-refractivity contribution is 5.77. The lowest BCUT2D eigenvalue weighted by Gasteiger charge is -2.22. The van der Waals surface area contributed by atoms with E-state index in [9.17, 15) is 0 Å². The highest BCUT2D eigenvalue weighted by Gasteiger charge is 2.34. The number of aryl methyl sites for hydroxylation is 3. The molecule has 0 unspecified atom stereocenters. The van der Waals surface area contributed by atoms with Gasteiger partial charge in [0.25, 0.3) is 0 Å². The molecule has 4 heteroatoms. The van der Waals surface area contributed by atoms with Crippen LogP contribution < -0.4 is 5.73 Å². The Hall–Kier alpha value is -1.42. The molecule has 0 aliphatic heterocycles. The highest BCUT2D eigenvalue weighted by Crippen LogP contribution is 2.39. The number of fused-ring (bicyclic) bond motifs is 1. The van der Waals surface area contributed by atoms with Crippen LogP contribution in [0, 0.1) is 13.8 Å². The number of hydrogen-bond acceptors (Lipinski definition) is 3. The van der Waals surface area contributed by atoms with Gasteiger partial charge in [-0.1, -0.05) is 12.8 Å². The zero-order chi connectivity index (χ0) is 12.9. The van der Waals surface area contributed by atoms with E-state index in [1.54, 1.807) is 0 Å². The topological polar surface area (TPSA) is 56.7 Å². The van der Waals surface area contributed by atoms with Gasteiger partial charge >= 0.3 is 0 Å². The molecule has 2 N–H and O–H groups in total. The summed E-state index contributed by atoms with van der Waals surface area (Å²) in [6, 6.07) is 0. The maximum atomic E-state index is 6.57. The predicted octanol–water partition coefficient (Wildman–Crippen LogP) is 2.31. The van der Waals surface area contributed by atoms with Gasteiger partial charge in [0.2, 0.25) is 0 Å². The summed E-state index contributed by atoms with van der Waals surface area (Å²) < 4.78 is 2.05. The maximum Gasteiger partial charge on any atom is 0.159 e. The molecule has 18 heavy (non-hydrogen) atoms. The summed E-state index contributed by atoms with van der Waals surface area (Å²) in [5.41, 5.74) is 11.5. The molecule has 2 aromatic rings. The number of aromatic nitrogens is 3. The molecule has 0 atom stereocenters. The van der Waals surface area contributed by atoms with Gasteiger partial charge in [-0.2, -0.15) is 0 Å². The summed E-state index contributed by atoms with van der Waals surface area (Å²) in [7, 11) is 2.02. The van der Waals surface area contributed by atoms with E-state index in [2.05, 4.69) is 15.7 Å². The minimum atomic E-state index is -0.199. The van der Waals surface area contributed by atoms with Crippen molar-refractivity contribution in [2.45, 2.75) is 45.1 Å². The zero-order valence-electron chi connectivity index (χ0n) is 11.3. The molecule has 1 aliphatic rings. The van der Waals surface area contributed by atoms with Crippen LogP contribution in [-0.4, -0.2) is 14.5 Å². The quantitative estimate of drug-likeness (QED) is 0.837. The Kier molecular flexibility index (Phi) is 2.45. The third-order valence-electron chi connectivity index (χ3n) is 4.23. The molecule has 1 fully saturated rings. The van der Waals surface area contributed by atoms with E-state index >= 15 is 0 Å². The second kappa shape index (κ2) is 3.79. The molecule has 96 valence electrons. The monoisotopic (exact) mass is 244 g/mol. The first-order valence-corrected chi connectivity index (χ1v) is 6.61. The standard InChI is InChI=1S/C14H20N4/c1-9-10(2)17-13-12(16-9)11(8-18(13)3)14(15)6-4-5-7-14/h8H,4-7,15H2,1-3H3. The summed E-state index contributed by atoms with van der Waals surface area (Å²) >= 11 is 0. The molecule has 0 aromatic carbocycles. The van der Waals surface area contributed by atoms with Crippen molar-refractivity contribution >= 4 is 11.2 Å². The van der Waals surface area contributed by atoms with Crippen LogP contribution in [0.1, 0.15) is 42.6 Å². The minimum absolute atomic E-state index is 0.199. The van der Waals surface area contributed by atoms with Gasteiger partial charge in [-0.15, -0.1) is 0 Å². The van der Waals surface area contributed by atoms with Gasteiger partial charge in [-0.25, -0.2) is 9.97 Å². The van der Waals surface area contributed by atoms with Crippen molar-refractivity contribution in [1.29, 1.82) is 0 Å². The molecular weight excluding hydrogens is 224 g/mol. The zero-order valence-corrected chi connectivity index (χ0v) is 11.3. The van der Waals surface area contributed by atoms with Crippen molar-refractivity contribution in [2.24, 2.45) is 12.8 Å². The minimum Gasteiger partial charge on any atom is -0.334 e. The first-order chi connectivity index (χ1) is 8.51. The fourth-order valence-corrected chi connectivity index (χ4v) is 2.97. The van der Waals surface area contributed by atoms with Crippen LogP contribution in [0.2, 0.25) is 0 Å². The first kappa shape index (κ1) is 11.7. The summed E-state index contributed by atoms with van der Waals surface area (Å²) in [4.78, 5) is 9.37. The number of nitrogens with zero attached hydrogens (tertiary/aromatic N) is 3. The van der Waals surface area contributed by atoms with Gasteiger partial charge in [-0.05, 0) is 26.7 Å². The molecule has 1 aliphatic carbocycles. The van der Waals surface area contributed by atoms with E-state index in [-0.39, 0.29) is 5.54 Å². The second-order valence-electron chi connectivity index (χ2n) is 5.58. The Labute approximate surface area is 107 Å². The summed E-state index contributed by atoms with van der Waals surface area (Å²) in [6.07, 6.45) is 6.66. The Bertz CT molecular complexity index is 606. The normalized spacial score (nSPS) is 18.7. The Morgan fingerprint density at radius 3 is 2.44 bits per heavy atom. The molecule has 0 bridgehead atoms. The lowest BCUT2D eigenvalue weighted by molar-refractivity contribution is 0.464. The molecule has 1 saturated carbocycles. The Balaban J connectivity index is 2.27. The smallest absolute Gasteiger partial charge is 0.159 e. The van der Waals surface area contributed by atoms with E-state index in [0.29, 0.717) is 0 Å². The number of nitrogens with two attached hydrogens (primary N) is 1. The molecule has 0 amide bonds. The van der Waals surface area contributed by atoms with Gasteiger partial charge in [0.1, 0.15) is 5.52 Å². The van der Waals surface area contributed by atoms with Gasteiger partial charge in [0.15, 0.2) is 5.65 Å². The van der Waals surface area contributed by atoms with E-state index in [1.165, 1.54) is 18.4 Å². The number of rotatable bonds is 1. The van der Waals surface area contributed by atoms with Crippen molar-refractivity contribution in [1.82, 2.24) is 14.5 Å². The van der Waals surface area contributed by atoms with Crippen LogP contribution in [0.4, 0.5) is 0 Å². The average molecular weight is 244 g/mol. The predicted molar refractivity (Wildman–Crippen MR) is 72.3 cm³/mol. The van der Waals surface area contributed by atoms with Crippen molar-refractivity contribution in [3.63, 3.8) is 0 Å². The molecule has 4 nitrogen and oxygen atoms in total. The van der Waals surface area contributed by atoms with E-state index in [1.807, 2.05) is 20.9 Å². The molecule has 2 aromatic heterocycles. The van der Waals surface area contributed by atoms with Crippen LogP contribution >= 0.6 is 0 Å². The van der Waals surface area contributed by atoms with Crippen LogP contribution in [0.25, 0.3) is 11.2 Å². The van der Waals surface area contributed by atoms with Crippen LogP contribution in [0.3, 0.4) is 0 Å². The summed E-state index contributed by atoms with van der Waals surface area (Å²) in [5, 5.41) is 0. The van der Waals surface area contributed by atoms with Crippen LogP contribution in [0.5, 0.6) is 0 Å². The molecular formula is C14H20N4. The van der Waals surface area contributed by atoms with Crippen LogP contribution in [-0.2, 0) is 12.6 Å². The fraction of sp³-hybridized carbons (Fsp3) is 0.571. The summed E-state index contributed by atoms with van der Waals surface area (Å²) in [5.74, 6) is 0. The summed E-state index contributed by atoms with van der Waals surface area (Å²) in [6.45, 7) is 4.01. The SMILES string of the molecule is Cc1nc2c(C3(N)CCCC3)cn(C)c2nc1C. The Morgan fingerprint density at radius 1 is 1.17 bits per heavy atom. The van der Waals surface area contributed by atoms with E-state index in [0.717, 1.165) is 35.4 Å². The fourth-order valence-electron chi connectivity index (χ4n) is 2.97. The van der Waals surface area contributed by atoms with Crippen molar-refractivity contribution < 1.29 is 0 Å². The molecule has 0 spiro atoms.